The molecule has 0 N–H and O–H groups in total. The summed E-state index contributed by atoms with van der Waals surface area (Å²) in [5, 5.41) is 9.75. The molecule has 0 heterocycles. The van der Waals surface area contributed by atoms with E-state index in [9.17, 15) is 0 Å². The Hall–Kier alpha value is -7.16. The number of hydrogen-bond donors (Lipinski definition) is 0. The first-order chi connectivity index (χ1) is 26.8. The van der Waals surface area contributed by atoms with Crippen LogP contribution in [0, 0.1) is 0 Å². The van der Waals surface area contributed by atoms with Gasteiger partial charge in [-0.15, -0.1) is 0 Å². The maximum atomic E-state index is 2.41. The first-order valence-corrected chi connectivity index (χ1v) is 18.5. The van der Waals surface area contributed by atoms with Gasteiger partial charge in [-0.25, -0.2) is 0 Å². The second-order valence-electron chi connectivity index (χ2n) is 13.8. The van der Waals surface area contributed by atoms with Crippen molar-refractivity contribution >= 4 is 77.2 Å². The SMILES string of the molecule is c1ccc2c(N(c3ccc(-c4ccc(N(c5cccc6ccccc56)c5cccc6ccccc56)cc4)cc3)c3cccc4ccccc34)cccc2c1. The highest BCUT2D eigenvalue weighted by atomic mass is 15.2. The summed E-state index contributed by atoms with van der Waals surface area (Å²) in [4.78, 5) is 4.81. The van der Waals surface area contributed by atoms with Crippen molar-refractivity contribution in [3.63, 3.8) is 0 Å². The monoisotopic (exact) mass is 688 g/mol. The molecule has 0 bridgehead atoms. The van der Waals surface area contributed by atoms with Crippen LogP contribution < -0.4 is 9.80 Å². The van der Waals surface area contributed by atoms with Crippen molar-refractivity contribution in [1.82, 2.24) is 0 Å². The Morgan fingerprint density at radius 2 is 0.444 bits per heavy atom. The molecule has 0 amide bonds. The first-order valence-electron chi connectivity index (χ1n) is 18.5. The molecule has 254 valence electrons. The maximum Gasteiger partial charge on any atom is 0.0540 e. The van der Waals surface area contributed by atoms with E-state index in [1.165, 1.54) is 54.2 Å². The predicted molar refractivity (Wildman–Crippen MR) is 231 cm³/mol. The van der Waals surface area contributed by atoms with E-state index in [1.807, 2.05) is 0 Å². The molecule has 10 aromatic carbocycles. The van der Waals surface area contributed by atoms with E-state index in [0.29, 0.717) is 0 Å². The molecule has 0 aromatic heterocycles. The molecule has 54 heavy (non-hydrogen) atoms. The van der Waals surface area contributed by atoms with Crippen molar-refractivity contribution in [2.75, 3.05) is 9.80 Å². The van der Waals surface area contributed by atoms with Crippen LogP contribution in [0.2, 0.25) is 0 Å². The molecule has 2 nitrogen and oxygen atoms in total. The Morgan fingerprint density at radius 3 is 0.722 bits per heavy atom. The molecule has 0 aliphatic heterocycles. The molecular weight excluding hydrogens is 653 g/mol. The molecule has 0 radical (unpaired) electrons. The number of nitrogens with zero attached hydrogens (tertiary/aromatic N) is 2. The van der Waals surface area contributed by atoms with Crippen molar-refractivity contribution in [2.24, 2.45) is 0 Å². The molecule has 2 heteroatoms. The van der Waals surface area contributed by atoms with Gasteiger partial charge in [-0.05, 0) is 81.2 Å². The Kier molecular flexibility index (Phi) is 7.85. The summed E-state index contributed by atoms with van der Waals surface area (Å²) in [6.07, 6.45) is 0. The molecule has 0 aliphatic rings. The Balaban J connectivity index is 1.07. The van der Waals surface area contributed by atoms with E-state index in [-0.39, 0.29) is 0 Å². The second kappa shape index (κ2) is 13.4. The summed E-state index contributed by atoms with van der Waals surface area (Å²) in [6.45, 7) is 0. The van der Waals surface area contributed by atoms with E-state index in [0.717, 1.165) is 34.1 Å². The Morgan fingerprint density at radius 1 is 0.204 bits per heavy atom. The van der Waals surface area contributed by atoms with Crippen LogP contribution in [-0.4, -0.2) is 0 Å². The van der Waals surface area contributed by atoms with Gasteiger partial charge in [-0.1, -0.05) is 170 Å². The van der Waals surface area contributed by atoms with Crippen LogP contribution in [-0.2, 0) is 0 Å². The van der Waals surface area contributed by atoms with Gasteiger partial charge in [0.2, 0.25) is 0 Å². The quantitative estimate of drug-likeness (QED) is 0.164. The Bertz CT molecular complexity index is 2560. The van der Waals surface area contributed by atoms with Gasteiger partial charge < -0.3 is 9.80 Å². The van der Waals surface area contributed by atoms with E-state index in [4.69, 9.17) is 0 Å². The molecule has 0 saturated heterocycles. The fourth-order valence-corrected chi connectivity index (χ4v) is 8.03. The van der Waals surface area contributed by atoms with Crippen LogP contribution in [0.15, 0.2) is 218 Å². The summed E-state index contributed by atoms with van der Waals surface area (Å²) in [7, 11) is 0. The Labute approximate surface area is 315 Å². The average molecular weight is 689 g/mol. The average Bonchev–Trinajstić information content (AvgIpc) is 3.25. The zero-order valence-electron chi connectivity index (χ0n) is 29.7. The van der Waals surface area contributed by atoms with Gasteiger partial charge >= 0.3 is 0 Å². The zero-order chi connectivity index (χ0) is 35.8. The molecule has 0 aliphatic carbocycles. The van der Waals surface area contributed by atoms with Gasteiger partial charge in [0, 0.05) is 32.9 Å². The number of benzene rings is 10. The maximum absolute atomic E-state index is 2.41. The van der Waals surface area contributed by atoms with E-state index >= 15 is 0 Å². The molecule has 0 spiro atoms. The van der Waals surface area contributed by atoms with Crippen LogP contribution in [0.5, 0.6) is 0 Å². The molecule has 10 aromatic rings. The van der Waals surface area contributed by atoms with Gasteiger partial charge in [0.05, 0.1) is 22.7 Å². The van der Waals surface area contributed by atoms with Crippen molar-refractivity contribution in [1.29, 1.82) is 0 Å². The number of hydrogen-bond acceptors (Lipinski definition) is 2. The van der Waals surface area contributed by atoms with Gasteiger partial charge in [0.25, 0.3) is 0 Å². The third-order valence-electron chi connectivity index (χ3n) is 10.6. The third-order valence-corrected chi connectivity index (χ3v) is 10.6. The molecule has 10 rings (SSSR count). The summed E-state index contributed by atoms with van der Waals surface area (Å²) < 4.78 is 0. The van der Waals surface area contributed by atoms with Crippen molar-refractivity contribution in [2.45, 2.75) is 0 Å². The van der Waals surface area contributed by atoms with Crippen LogP contribution in [0.1, 0.15) is 0 Å². The summed E-state index contributed by atoms with van der Waals surface area (Å²) in [5.74, 6) is 0. The standard InChI is InChI=1S/C52H36N2/c1-5-21-45-39(13-1)17-9-25-49(45)53(50-26-10-18-40-14-2-6-22-46(40)50)43-33-29-37(30-34-43)38-31-35-44(36-32-38)54(51-27-11-19-41-15-3-7-23-47(41)51)52-28-12-20-42-16-4-8-24-48(42)52/h1-36H. The normalized spacial score (nSPS) is 11.3. The van der Waals surface area contributed by atoms with Crippen molar-refractivity contribution in [3.8, 4) is 11.1 Å². The molecule has 0 saturated carbocycles. The first kappa shape index (κ1) is 31.6. The fraction of sp³-hybridized carbons (Fsp3) is 0. The molecule has 0 atom stereocenters. The van der Waals surface area contributed by atoms with Crippen LogP contribution in [0.3, 0.4) is 0 Å². The molecule has 0 unspecified atom stereocenters. The predicted octanol–water partition coefficient (Wildman–Crippen LogP) is 14.9. The van der Waals surface area contributed by atoms with Crippen LogP contribution in [0.25, 0.3) is 54.2 Å². The number of rotatable bonds is 7. The minimum atomic E-state index is 1.11. The number of anilines is 6. The summed E-state index contributed by atoms with van der Waals surface area (Å²) in [6, 6.07) is 78.9. The topological polar surface area (TPSA) is 6.48 Å². The minimum absolute atomic E-state index is 1.11. The van der Waals surface area contributed by atoms with Gasteiger partial charge in [0.1, 0.15) is 0 Å². The zero-order valence-corrected chi connectivity index (χ0v) is 29.7. The van der Waals surface area contributed by atoms with Gasteiger partial charge in [-0.2, -0.15) is 0 Å². The lowest BCUT2D eigenvalue weighted by Crippen LogP contribution is -2.11. The number of fused-ring (bicyclic) bond motifs is 4. The lowest BCUT2D eigenvalue weighted by atomic mass is 10.0. The second-order valence-corrected chi connectivity index (χ2v) is 13.8. The van der Waals surface area contributed by atoms with E-state index < -0.39 is 0 Å². The lowest BCUT2D eigenvalue weighted by Gasteiger charge is -2.28. The largest absolute Gasteiger partial charge is 0.309 e. The highest BCUT2D eigenvalue weighted by molar-refractivity contribution is 6.06. The van der Waals surface area contributed by atoms with Gasteiger partial charge in [-0.3, -0.25) is 0 Å². The molecular formula is C52H36N2. The third kappa shape index (κ3) is 5.53. The van der Waals surface area contributed by atoms with Crippen LogP contribution >= 0.6 is 0 Å². The van der Waals surface area contributed by atoms with Crippen molar-refractivity contribution < 1.29 is 0 Å². The highest BCUT2D eigenvalue weighted by Crippen LogP contribution is 2.44. The fourth-order valence-electron chi connectivity index (χ4n) is 8.03. The molecule has 0 fully saturated rings. The lowest BCUT2D eigenvalue weighted by molar-refractivity contribution is 1.31. The van der Waals surface area contributed by atoms with E-state index in [2.05, 4.69) is 228 Å². The van der Waals surface area contributed by atoms with Crippen molar-refractivity contribution in [3.05, 3.63) is 218 Å². The van der Waals surface area contributed by atoms with E-state index in [1.54, 1.807) is 0 Å². The summed E-state index contributed by atoms with van der Waals surface area (Å²) in [5.41, 5.74) is 9.19. The van der Waals surface area contributed by atoms with Gasteiger partial charge in [0.15, 0.2) is 0 Å². The summed E-state index contributed by atoms with van der Waals surface area (Å²) >= 11 is 0. The smallest absolute Gasteiger partial charge is 0.0540 e. The minimum Gasteiger partial charge on any atom is -0.309 e. The highest BCUT2D eigenvalue weighted by Gasteiger charge is 2.19. The van der Waals surface area contributed by atoms with Crippen LogP contribution in [0.4, 0.5) is 34.1 Å².